The number of hydrogen-bond acceptors (Lipinski definition) is 4. The summed E-state index contributed by atoms with van der Waals surface area (Å²) in [5.41, 5.74) is 4.31. The Bertz CT molecular complexity index is 1210. The third-order valence-electron chi connectivity index (χ3n) is 4.69. The van der Waals surface area contributed by atoms with Gasteiger partial charge in [0.1, 0.15) is 22.9 Å². The van der Waals surface area contributed by atoms with E-state index < -0.39 is 6.09 Å². The molecule has 6 nitrogen and oxygen atoms in total. The van der Waals surface area contributed by atoms with Gasteiger partial charge in [0, 0.05) is 22.5 Å². The van der Waals surface area contributed by atoms with Gasteiger partial charge in [0.25, 0.3) is 0 Å². The number of fused-ring (bicyclic) bond motifs is 1. The average molecular weight is 415 g/mol. The van der Waals surface area contributed by atoms with Crippen molar-refractivity contribution in [2.75, 3.05) is 10.6 Å². The lowest BCUT2D eigenvalue weighted by Crippen LogP contribution is -2.27. The summed E-state index contributed by atoms with van der Waals surface area (Å²) in [7, 11) is 0. The molecule has 6 heteroatoms. The van der Waals surface area contributed by atoms with Crippen molar-refractivity contribution in [3.63, 3.8) is 0 Å². The molecule has 4 aromatic rings. The van der Waals surface area contributed by atoms with Crippen LogP contribution in [0.5, 0.6) is 5.75 Å². The summed E-state index contributed by atoms with van der Waals surface area (Å²) in [5, 5.41) is 6.30. The highest BCUT2D eigenvalue weighted by atomic mass is 16.6. The minimum atomic E-state index is -0.530. The number of rotatable bonds is 4. The predicted octanol–water partition coefficient (Wildman–Crippen LogP) is 6.13. The van der Waals surface area contributed by atoms with Gasteiger partial charge in [-0.15, -0.1) is 0 Å². The van der Waals surface area contributed by atoms with E-state index in [2.05, 4.69) is 48.8 Å². The standard InChI is InChI=1S/C25H26N4O2/c1-17-9-8-12-21-27-22(23(29(17)21)28-25(2,3)4)18-13-15-20(16-14-18)31-24(30)26-19-10-6-5-7-11-19/h5-16,28H,1-4H3,(H,26,30). The molecule has 2 aromatic heterocycles. The van der Waals surface area contributed by atoms with E-state index in [-0.39, 0.29) is 5.54 Å². The van der Waals surface area contributed by atoms with Crippen LogP contribution in [0.1, 0.15) is 26.5 Å². The average Bonchev–Trinajstić information content (AvgIpc) is 3.07. The number of nitrogens with zero attached hydrogens (tertiary/aromatic N) is 2. The molecule has 0 unspecified atom stereocenters. The Morgan fingerprint density at radius 3 is 2.32 bits per heavy atom. The summed E-state index contributed by atoms with van der Waals surface area (Å²) < 4.78 is 7.53. The fourth-order valence-electron chi connectivity index (χ4n) is 3.38. The van der Waals surface area contributed by atoms with Crippen molar-refractivity contribution in [2.24, 2.45) is 0 Å². The monoisotopic (exact) mass is 414 g/mol. The van der Waals surface area contributed by atoms with Crippen LogP contribution in [-0.2, 0) is 0 Å². The van der Waals surface area contributed by atoms with Crippen LogP contribution in [0.3, 0.4) is 0 Å². The molecule has 0 saturated carbocycles. The zero-order valence-corrected chi connectivity index (χ0v) is 18.1. The molecule has 0 fully saturated rings. The quantitative estimate of drug-likeness (QED) is 0.421. The second kappa shape index (κ2) is 8.14. The van der Waals surface area contributed by atoms with E-state index in [4.69, 9.17) is 9.72 Å². The van der Waals surface area contributed by atoms with E-state index in [1.54, 1.807) is 24.3 Å². The zero-order chi connectivity index (χ0) is 22.0. The third kappa shape index (κ3) is 4.69. The van der Waals surface area contributed by atoms with Crippen LogP contribution in [0.4, 0.5) is 16.3 Å². The van der Waals surface area contributed by atoms with E-state index in [0.717, 1.165) is 28.4 Å². The SMILES string of the molecule is Cc1cccc2nc(-c3ccc(OC(=O)Nc4ccccc4)cc3)c(NC(C)(C)C)n12. The van der Waals surface area contributed by atoms with Crippen molar-refractivity contribution in [1.82, 2.24) is 9.38 Å². The molecule has 0 aliphatic heterocycles. The Hall–Kier alpha value is -3.80. The Morgan fingerprint density at radius 1 is 0.935 bits per heavy atom. The molecule has 1 amide bonds. The van der Waals surface area contributed by atoms with Crippen molar-refractivity contribution in [1.29, 1.82) is 0 Å². The highest BCUT2D eigenvalue weighted by molar-refractivity contribution is 5.86. The van der Waals surface area contributed by atoms with Gasteiger partial charge in [-0.05, 0) is 76.2 Å². The molecule has 2 N–H and O–H groups in total. The van der Waals surface area contributed by atoms with Crippen LogP contribution in [0.25, 0.3) is 16.9 Å². The molecule has 2 aromatic carbocycles. The maximum Gasteiger partial charge on any atom is 0.417 e. The van der Waals surface area contributed by atoms with Gasteiger partial charge >= 0.3 is 6.09 Å². The van der Waals surface area contributed by atoms with Crippen molar-refractivity contribution < 1.29 is 9.53 Å². The van der Waals surface area contributed by atoms with Crippen LogP contribution < -0.4 is 15.4 Å². The highest BCUT2D eigenvalue weighted by Gasteiger charge is 2.20. The summed E-state index contributed by atoms with van der Waals surface area (Å²) in [5.74, 6) is 1.40. The predicted molar refractivity (Wildman–Crippen MR) is 125 cm³/mol. The molecule has 0 aliphatic carbocycles. The van der Waals surface area contributed by atoms with E-state index in [0.29, 0.717) is 11.4 Å². The van der Waals surface area contributed by atoms with Crippen LogP contribution in [0.2, 0.25) is 0 Å². The lowest BCUT2D eigenvalue weighted by Gasteiger charge is -2.23. The van der Waals surface area contributed by atoms with Gasteiger partial charge < -0.3 is 10.1 Å². The fraction of sp³-hybridized carbons (Fsp3) is 0.200. The zero-order valence-electron chi connectivity index (χ0n) is 18.1. The van der Waals surface area contributed by atoms with Gasteiger partial charge in [-0.3, -0.25) is 9.72 Å². The van der Waals surface area contributed by atoms with Crippen molar-refractivity contribution >= 4 is 23.2 Å². The van der Waals surface area contributed by atoms with Gasteiger partial charge in [0.2, 0.25) is 0 Å². The first-order chi connectivity index (χ1) is 14.8. The number of aryl methyl sites for hydroxylation is 1. The first-order valence-corrected chi connectivity index (χ1v) is 10.2. The molecular weight excluding hydrogens is 388 g/mol. The number of carbonyl (C=O) groups is 1. The molecule has 4 rings (SSSR count). The van der Waals surface area contributed by atoms with Crippen molar-refractivity contribution in [2.45, 2.75) is 33.2 Å². The number of aromatic nitrogens is 2. The topological polar surface area (TPSA) is 67.7 Å². The Labute approximate surface area is 181 Å². The molecule has 0 aliphatic rings. The number of pyridine rings is 1. The van der Waals surface area contributed by atoms with Gasteiger partial charge in [0.15, 0.2) is 0 Å². The number of hydrogen-bond donors (Lipinski definition) is 2. The second-order valence-electron chi connectivity index (χ2n) is 8.45. The smallest absolute Gasteiger partial charge is 0.410 e. The van der Waals surface area contributed by atoms with E-state index in [1.165, 1.54) is 0 Å². The lowest BCUT2D eigenvalue weighted by molar-refractivity contribution is 0.215. The number of amides is 1. The fourth-order valence-corrected chi connectivity index (χ4v) is 3.38. The third-order valence-corrected chi connectivity index (χ3v) is 4.69. The maximum atomic E-state index is 12.1. The number of para-hydroxylation sites is 1. The Kier molecular flexibility index (Phi) is 5.38. The van der Waals surface area contributed by atoms with E-state index in [9.17, 15) is 4.79 Å². The van der Waals surface area contributed by atoms with Crippen molar-refractivity contribution in [3.8, 4) is 17.0 Å². The van der Waals surface area contributed by atoms with Crippen LogP contribution in [0.15, 0.2) is 72.8 Å². The van der Waals surface area contributed by atoms with Crippen LogP contribution >= 0.6 is 0 Å². The number of anilines is 2. The minimum Gasteiger partial charge on any atom is -0.410 e. The van der Waals surface area contributed by atoms with Crippen LogP contribution in [0, 0.1) is 6.92 Å². The summed E-state index contributed by atoms with van der Waals surface area (Å²) in [4.78, 5) is 17.0. The molecule has 2 heterocycles. The molecular formula is C25H26N4O2. The van der Waals surface area contributed by atoms with Gasteiger partial charge in [-0.2, -0.15) is 0 Å². The largest absolute Gasteiger partial charge is 0.417 e. The molecule has 0 saturated heterocycles. The Balaban J connectivity index is 1.61. The Morgan fingerprint density at radius 2 is 1.65 bits per heavy atom. The second-order valence-corrected chi connectivity index (χ2v) is 8.45. The first-order valence-electron chi connectivity index (χ1n) is 10.2. The van der Waals surface area contributed by atoms with E-state index in [1.807, 2.05) is 42.5 Å². The van der Waals surface area contributed by atoms with Gasteiger partial charge in [-0.25, -0.2) is 9.78 Å². The number of carbonyl (C=O) groups excluding carboxylic acids is 1. The summed E-state index contributed by atoms with van der Waals surface area (Å²) in [6.07, 6.45) is -0.530. The van der Waals surface area contributed by atoms with Gasteiger partial charge in [-0.1, -0.05) is 24.3 Å². The van der Waals surface area contributed by atoms with Crippen molar-refractivity contribution in [3.05, 3.63) is 78.5 Å². The molecule has 0 atom stereocenters. The maximum absolute atomic E-state index is 12.1. The normalized spacial score (nSPS) is 11.4. The number of nitrogens with one attached hydrogen (secondary N) is 2. The summed E-state index contributed by atoms with van der Waals surface area (Å²) in [6.45, 7) is 8.43. The highest BCUT2D eigenvalue weighted by Crippen LogP contribution is 2.32. The minimum absolute atomic E-state index is 0.133. The first kappa shape index (κ1) is 20.5. The summed E-state index contributed by atoms with van der Waals surface area (Å²) in [6, 6.07) is 22.6. The van der Waals surface area contributed by atoms with Crippen LogP contribution in [-0.4, -0.2) is 21.0 Å². The molecule has 0 radical (unpaired) electrons. The molecule has 0 spiro atoms. The summed E-state index contributed by atoms with van der Waals surface area (Å²) >= 11 is 0. The molecule has 158 valence electrons. The number of benzene rings is 2. The lowest BCUT2D eigenvalue weighted by atomic mass is 10.1. The number of imidazole rings is 1. The number of ether oxygens (including phenoxy) is 1. The van der Waals surface area contributed by atoms with E-state index >= 15 is 0 Å². The molecule has 31 heavy (non-hydrogen) atoms. The van der Waals surface area contributed by atoms with Gasteiger partial charge in [0.05, 0.1) is 0 Å². The molecule has 0 bridgehead atoms.